The SMILES string of the molecule is CCOc1ccc(-c2nonc2NC(=O)c2nc(C)sc2-c2ccccc2)cc1. The second-order valence-electron chi connectivity index (χ2n) is 6.15. The van der Waals surface area contributed by atoms with Crippen molar-refractivity contribution in [1.29, 1.82) is 0 Å². The summed E-state index contributed by atoms with van der Waals surface area (Å²) in [6.45, 7) is 4.38. The van der Waals surface area contributed by atoms with Crippen LogP contribution in [0.1, 0.15) is 22.4 Å². The Labute approximate surface area is 171 Å². The summed E-state index contributed by atoms with van der Waals surface area (Å²) >= 11 is 1.47. The molecule has 0 aliphatic carbocycles. The summed E-state index contributed by atoms with van der Waals surface area (Å²) in [5, 5.41) is 11.4. The van der Waals surface area contributed by atoms with Gasteiger partial charge in [0.1, 0.15) is 11.4 Å². The third kappa shape index (κ3) is 4.02. The zero-order valence-electron chi connectivity index (χ0n) is 15.9. The molecular weight excluding hydrogens is 388 g/mol. The summed E-state index contributed by atoms with van der Waals surface area (Å²) in [7, 11) is 0. The molecule has 4 rings (SSSR count). The van der Waals surface area contributed by atoms with E-state index in [0.29, 0.717) is 18.0 Å². The average molecular weight is 406 g/mol. The Balaban J connectivity index is 1.60. The smallest absolute Gasteiger partial charge is 0.277 e. The lowest BCUT2D eigenvalue weighted by Gasteiger charge is -2.05. The van der Waals surface area contributed by atoms with Gasteiger partial charge in [0.2, 0.25) is 5.82 Å². The molecule has 7 nitrogen and oxygen atoms in total. The van der Waals surface area contributed by atoms with Crippen LogP contribution in [-0.4, -0.2) is 27.8 Å². The highest BCUT2D eigenvalue weighted by molar-refractivity contribution is 7.15. The largest absolute Gasteiger partial charge is 0.494 e. The van der Waals surface area contributed by atoms with Crippen LogP contribution in [0.4, 0.5) is 5.82 Å². The molecule has 146 valence electrons. The molecule has 2 aromatic carbocycles. The van der Waals surface area contributed by atoms with E-state index in [0.717, 1.165) is 26.8 Å². The van der Waals surface area contributed by atoms with Crippen LogP contribution in [0.3, 0.4) is 0 Å². The van der Waals surface area contributed by atoms with Crippen LogP contribution < -0.4 is 10.1 Å². The minimum Gasteiger partial charge on any atom is -0.494 e. The van der Waals surface area contributed by atoms with Gasteiger partial charge in [-0.25, -0.2) is 9.61 Å². The number of carbonyl (C=O) groups excluding carboxylic acids is 1. The Kier molecular flexibility index (Phi) is 5.35. The first kappa shape index (κ1) is 18.8. The number of aryl methyl sites for hydroxylation is 1. The van der Waals surface area contributed by atoms with E-state index in [-0.39, 0.29) is 11.7 Å². The van der Waals surface area contributed by atoms with Crippen LogP contribution in [0.25, 0.3) is 21.7 Å². The van der Waals surface area contributed by atoms with Crippen LogP contribution in [-0.2, 0) is 0 Å². The fourth-order valence-corrected chi connectivity index (χ4v) is 3.79. The van der Waals surface area contributed by atoms with Crippen LogP contribution in [0.5, 0.6) is 5.75 Å². The van der Waals surface area contributed by atoms with E-state index in [1.165, 1.54) is 11.3 Å². The normalized spacial score (nSPS) is 10.7. The summed E-state index contributed by atoms with van der Waals surface area (Å²) in [5.74, 6) is 0.628. The number of hydrogen-bond acceptors (Lipinski definition) is 7. The first-order valence-electron chi connectivity index (χ1n) is 9.05. The zero-order chi connectivity index (χ0) is 20.2. The molecule has 0 saturated heterocycles. The maximum absolute atomic E-state index is 12.9. The van der Waals surface area contributed by atoms with Crippen molar-refractivity contribution in [3.8, 4) is 27.4 Å². The molecule has 0 atom stereocenters. The molecule has 0 fully saturated rings. The third-order valence-electron chi connectivity index (χ3n) is 4.14. The summed E-state index contributed by atoms with van der Waals surface area (Å²) in [4.78, 5) is 18.2. The van der Waals surface area contributed by atoms with Crippen molar-refractivity contribution >= 4 is 23.1 Å². The van der Waals surface area contributed by atoms with Gasteiger partial charge in [-0.1, -0.05) is 30.3 Å². The molecule has 29 heavy (non-hydrogen) atoms. The lowest BCUT2D eigenvalue weighted by molar-refractivity contribution is 0.102. The molecular formula is C21H18N4O3S. The van der Waals surface area contributed by atoms with Gasteiger partial charge in [0.25, 0.3) is 5.91 Å². The molecule has 4 aromatic rings. The Morgan fingerprint density at radius 1 is 1.07 bits per heavy atom. The van der Waals surface area contributed by atoms with Gasteiger partial charge in [0, 0.05) is 5.56 Å². The molecule has 2 aromatic heterocycles. The number of benzene rings is 2. The van der Waals surface area contributed by atoms with Crippen molar-refractivity contribution in [2.75, 3.05) is 11.9 Å². The highest BCUT2D eigenvalue weighted by Gasteiger charge is 2.22. The predicted octanol–water partition coefficient (Wildman–Crippen LogP) is 4.82. The highest BCUT2D eigenvalue weighted by Crippen LogP contribution is 2.31. The fourth-order valence-electron chi connectivity index (χ4n) is 2.87. The minimum absolute atomic E-state index is 0.240. The zero-order valence-corrected chi connectivity index (χ0v) is 16.7. The van der Waals surface area contributed by atoms with Crippen molar-refractivity contribution in [2.45, 2.75) is 13.8 Å². The van der Waals surface area contributed by atoms with E-state index >= 15 is 0 Å². The molecule has 2 heterocycles. The van der Waals surface area contributed by atoms with Gasteiger partial charge < -0.3 is 10.1 Å². The number of nitrogens with zero attached hydrogens (tertiary/aromatic N) is 3. The molecule has 0 saturated carbocycles. The fraction of sp³-hybridized carbons (Fsp3) is 0.143. The lowest BCUT2D eigenvalue weighted by atomic mass is 10.1. The number of aromatic nitrogens is 3. The van der Waals surface area contributed by atoms with Gasteiger partial charge >= 0.3 is 0 Å². The monoisotopic (exact) mass is 406 g/mol. The number of amides is 1. The van der Waals surface area contributed by atoms with E-state index < -0.39 is 0 Å². The number of anilines is 1. The molecule has 0 aliphatic heterocycles. The number of nitrogens with one attached hydrogen (secondary N) is 1. The van der Waals surface area contributed by atoms with Crippen molar-refractivity contribution < 1.29 is 14.2 Å². The predicted molar refractivity (Wildman–Crippen MR) is 111 cm³/mol. The van der Waals surface area contributed by atoms with Gasteiger partial charge in [-0.05, 0) is 54.0 Å². The molecule has 1 amide bonds. The molecule has 1 N–H and O–H groups in total. The third-order valence-corrected chi connectivity index (χ3v) is 5.16. The van der Waals surface area contributed by atoms with Crippen LogP contribution in [0.15, 0.2) is 59.2 Å². The summed E-state index contributed by atoms with van der Waals surface area (Å²) in [6.07, 6.45) is 0. The van der Waals surface area contributed by atoms with Crippen LogP contribution >= 0.6 is 11.3 Å². The molecule has 0 aliphatic rings. The Hall–Kier alpha value is -3.52. The van der Waals surface area contributed by atoms with Gasteiger partial charge in [-0.2, -0.15) is 0 Å². The van der Waals surface area contributed by atoms with Crippen molar-refractivity contribution in [3.63, 3.8) is 0 Å². The van der Waals surface area contributed by atoms with E-state index in [1.54, 1.807) is 0 Å². The molecule has 0 bridgehead atoms. The van der Waals surface area contributed by atoms with E-state index in [2.05, 4.69) is 20.6 Å². The van der Waals surface area contributed by atoms with E-state index in [1.807, 2.05) is 68.4 Å². The number of carbonyl (C=O) groups is 1. The molecule has 0 radical (unpaired) electrons. The summed E-state index contributed by atoms with van der Waals surface area (Å²) in [5.41, 5.74) is 2.48. The maximum atomic E-state index is 12.9. The summed E-state index contributed by atoms with van der Waals surface area (Å²) in [6, 6.07) is 17.0. The Morgan fingerprint density at radius 3 is 2.55 bits per heavy atom. The number of hydrogen-bond donors (Lipinski definition) is 1. The lowest BCUT2D eigenvalue weighted by Crippen LogP contribution is -2.14. The highest BCUT2D eigenvalue weighted by atomic mass is 32.1. The molecule has 0 spiro atoms. The van der Waals surface area contributed by atoms with E-state index in [4.69, 9.17) is 9.37 Å². The van der Waals surface area contributed by atoms with Gasteiger partial charge in [0.15, 0.2) is 5.69 Å². The molecule has 8 heteroatoms. The Bertz CT molecular complexity index is 1120. The number of rotatable bonds is 6. The Morgan fingerprint density at radius 2 is 1.83 bits per heavy atom. The maximum Gasteiger partial charge on any atom is 0.277 e. The molecule has 0 unspecified atom stereocenters. The number of ether oxygens (including phenoxy) is 1. The standard InChI is InChI=1S/C21H18N4O3S/c1-3-27-16-11-9-14(10-12-16)17-20(25-28-24-17)23-21(26)18-19(29-13(2)22-18)15-7-5-4-6-8-15/h4-12H,3H2,1-2H3,(H,23,25,26). The second-order valence-corrected chi connectivity index (χ2v) is 7.35. The quantitative estimate of drug-likeness (QED) is 0.494. The van der Waals surface area contributed by atoms with Gasteiger partial charge in [0.05, 0.1) is 16.5 Å². The van der Waals surface area contributed by atoms with Gasteiger partial charge in [-0.15, -0.1) is 11.3 Å². The van der Waals surface area contributed by atoms with Crippen LogP contribution in [0.2, 0.25) is 0 Å². The van der Waals surface area contributed by atoms with Crippen molar-refractivity contribution in [3.05, 3.63) is 65.3 Å². The second kappa shape index (κ2) is 8.24. The first-order chi connectivity index (χ1) is 14.2. The van der Waals surface area contributed by atoms with Crippen LogP contribution in [0, 0.1) is 6.92 Å². The van der Waals surface area contributed by atoms with Gasteiger partial charge in [-0.3, -0.25) is 4.79 Å². The van der Waals surface area contributed by atoms with Crippen molar-refractivity contribution in [1.82, 2.24) is 15.3 Å². The van der Waals surface area contributed by atoms with E-state index in [9.17, 15) is 4.79 Å². The average Bonchev–Trinajstić information content (AvgIpc) is 3.36. The number of thiazole rings is 1. The minimum atomic E-state index is -0.365. The first-order valence-corrected chi connectivity index (χ1v) is 9.87. The summed E-state index contributed by atoms with van der Waals surface area (Å²) < 4.78 is 10.3. The van der Waals surface area contributed by atoms with Crippen molar-refractivity contribution in [2.24, 2.45) is 0 Å². The topological polar surface area (TPSA) is 90.1 Å².